The van der Waals surface area contributed by atoms with E-state index in [1.54, 1.807) is 6.08 Å². The fraction of sp³-hybridized carbons (Fsp3) is 0.600. The van der Waals surface area contributed by atoms with Gasteiger partial charge in [0.15, 0.2) is 0 Å². The van der Waals surface area contributed by atoms with Crippen molar-refractivity contribution >= 4 is 0 Å². The van der Waals surface area contributed by atoms with E-state index < -0.39 is 0 Å². The molecule has 0 aromatic heterocycles. The fourth-order valence-corrected chi connectivity index (χ4v) is 2.05. The number of piperidine rings is 1. The van der Waals surface area contributed by atoms with E-state index in [0.29, 0.717) is 0 Å². The van der Waals surface area contributed by atoms with Gasteiger partial charge >= 0.3 is 0 Å². The van der Waals surface area contributed by atoms with E-state index in [0.717, 1.165) is 18.8 Å². The monoisotopic (exact) mass is 235 g/mol. The Hall–Kier alpha value is -1.02. The van der Waals surface area contributed by atoms with Gasteiger partial charge in [0.2, 0.25) is 0 Å². The number of ether oxygens (including phenoxy) is 1. The highest BCUT2D eigenvalue weighted by Gasteiger charge is 2.08. The average Bonchev–Trinajstić information content (AvgIpc) is 2.37. The molecule has 1 rings (SSSR count). The molecule has 1 aliphatic heterocycles. The molecule has 0 bridgehead atoms. The van der Waals surface area contributed by atoms with Crippen LogP contribution in [0.15, 0.2) is 37.1 Å². The number of likely N-dealkylation sites (tertiary alicyclic amines) is 1. The summed E-state index contributed by atoms with van der Waals surface area (Å²) in [6.45, 7) is 12.0. The Bertz CT molecular complexity index is 252. The third-order valence-corrected chi connectivity index (χ3v) is 3.02. The number of allylic oxidation sites excluding steroid dienone is 3. The lowest BCUT2D eigenvalue weighted by Gasteiger charge is -2.26. The molecule has 1 heterocycles. The van der Waals surface area contributed by atoms with Crippen molar-refractivity contribution in [3.8, 4) is 0 Å². The first-order valence-corrected chi connectivity index (χ1v) is 6.66. The van der Waals surface area contributed by atoms with Crippen molar-refractivity contribution in [1.29, 1.82) is 0 Å². The standard InChI is InChI=1S/C15H25NO/c1-3-4-10-15(2)17-14-9-8-13-16-11-6-5-7-12-16/h3-4,10H,1-2,5-9,11-14H2/b10-4-. The number of unbranched alkanes of at least 4 members (excludes halogenated alkanes) is 1. The summed E-state index contributed by atoms with van der Waals surface area (Å²) in [4.78, 5) is 2.57. The summed E-state index contributed by atoms with van der Waals surface area (Å²) in [6, 6.07) is 0. The molecular formula is C15H25NO. The molecule has 0 atom stereocenters. The molecule has 2 heteroatoms. The van der Waals surface area contributed by atoms with Crippen LogP contribution < -0.4 is 0 Å². The number of rotatable bonds is 8. The summed E-state index contributed by atoms with van der Waals surface area (Å²) < 4.78 is 5.49. The molecule has 0 unspecified atom stereocenters. The Kier molecular flexibility index (Phi) is 7.48. The van der Waals surface area contributed by atoms with Crippen molar-refractivity contribution in [2.45, 2.75) is 32.1 Å². The summed E-state index contributed by atoms with van der Waals surface area (Å²) in [5, 5.41) is 0. The summed E-state index contributed by atoms with van der Waals surface area (Å²) in [5.41, 5.74) is 0. The number of hydrogen-bond acceptors (Lipinski definition) is 2. The van der Waals surface area contributed by atoms with E-state index in [1.807, 2.05) is 12.2 Å². The van der Waals surface area contributed by atoms with Crippen LogP contribution in [0, 0.1) is 0 Å². The Labute approximate surface area is 106 Å². The molecule has 2 nitrogen and oxygen atoms in total. The predicted octanol–water partition coefficient (Wildman–Crippen LogP) is 3.53. The average molecular weight is 235 g/mol. The molecular weight excluding hydrogens is 210 g/mol. The molecule has 0 saturated carbocycles. The van der Waals surface area contributed by atoms with Crippen LogP contribution in [0.25, 0.3) is 0 Å². The maximum atomic E-state index is 5.49. The van der Waals surface area contributed by atoms with Gasteiger partial charge in [-0.25, -0.2) is 0 Å². The lowest BCUT2D eigenvalue weighted by Crippen LogP contribution is -2.30. The summed E-state index contributed by atoms with van der Waals surface area (Å²) in [6.07, 6.45) is 11.9. The molecule has 17 heavy (non-hydrogen) atoms. The maximum absolute atomic E-state index is 5.49. The smallest absolute Gasteiger partial charge is 0.112 e. The first-order valence-electron chi connectivity index (χ1n) is 6.66. The van der Waals surface area contributed by atoms with Crippen LogP contribution in [0.2, 0.25) is 0 Å². The van der Waals surface area contributed by atoms with Gasteiger partial charge in [-0.15, -0.1) is 0 Å². The van der Waals surface area contributed by atoms with Gasteiger partial charge in [-0.2, -0.15) is 0 Å². The molecule has 0 aliphatic carbocycles. The summed E-state index contributed by atoms with van der Waals surface area (Å²) >= 11 is 0. The zero-order chi connectivity index (χ0) is 12.3. The molecule has 96 valence electrons. The SMILES string of the molecule is C=C/C=C\C(=C)OCCCCN1CCCCC1. The Morgan fingerprint density at radius 1 is 1.18 bits per heavy atom. The van der Waals surface area contributed by atoms with Crippen molar-refractivity contribution in [2.24, 2.45) is 0 Å². The van der Waals surface area contributed by atoms with Crippen molar-refractivity contribution in [3.63, 3.8) is 0 Å². The van der Waals surface area contributed by atoms with Gasteiger partial charge in [-0.05, 0) is 51.4 Å². The van der Waals surface area contributed by atoms with E-state index >= 15 is 0 Å². The molecule has 1 fully saturated rings. The quantitative estimate of drug-likeness (QED) is 0.362. The van der Waals surface area contributed by atoms with Gasteiger partial charge in [-0.1, -0.05) is 31.7 Å². The highest BCUT2D eigenvalue weighted by molar-refractivity contribution is 5.12. The second-order valence-electron chi connectivity index (χ2n) is 4.52. The summed E-state index contributed by atoms with van der Waals surface area (Å²) in [5.74, 6) is 0.725. The first kappa shape index (κ1) is 14.0. The Morgan fingerprint density at radius 3 is 2.65 bits per heavy atom. The second kappa shape index (κ2) is 9.06. The van der Waals surface area contributed by atoms with Crippen LogP contribution >= 0.6 is 0 Å². The van der Waals surface area contributed by atoms with Crippen LogP contribution in [0.3, 0.4) is 0 Å². The minimum atomic E-state index is 0.725. The third kappa shape index (κ3) is 7.01. The van der Waals surface area contributed by atoms with E-state index in [9.17, 15) is 0 Å². The highest BCUT2D eigenvalue weighted by atomic mass is 16.5. The first-order chi connectivity index (χ1) is 8.33. The van der Waals surface area contributed by atoms with Crippen LogP contribution in [0.4, 0.5) is 0 Å². The van der Waals surface area contributed by atoms with Gasteiger partial charge < -0.3 is 9.64 Å². The topological polar surface area (TPSA) is 12.5 Å². The molecule has 0 N–H and O–H groups in total. The minimum absolute atomic E-state index is 0.725. The van der Waals surface area contributed by atoms with Gasteiger partial charge in [-0.3, -0.25) is 0 Å². The molecule has 1 aliphatic rings. The van der Waals surface area contributed by atoms with Crippen molar-refractivity contribution in [3.05, 3.63) is 37.1 Å². The Morgan fingerprint density at radius 2 is 1.94 bits per heavy atom. The van der Waals surface area contributed by atoms with E-state index in [2.05, 4.69) is 18.1 Å². The van der Waals surface area contributed by atoms with Crippen LogP contribution in [0.1, 0.15) is 32.1 Å². The second-order valence-corrected chi connectivity index (χ2v) is 4.52. The molecule has 0 amide bonds. The van der Waals surface area contributed by atoms with Crippen LogP contribution in [-0.2, 0) is 4.74 Å². The number of hydrogen-bond donors (Lipinski definition) is 0. The normalized spacial score (nSPS) is 17.2. The highest BCUT2D eigenvalue weighted by Crippen LogP contribution is 2.09. The largest absolute Gasteiger partial charge is 0.494 e. The van der Waals surface area contributed by atoms with E-state index in [1.165, 1.54) is 45.3 Å². The predicted molar refractivity (Wildman–Crippen MR) is 74.0 cm³/mol. The van der Waals surface area contributed by atoms with E-state index in [4.69, 9.17) is 4.74 Å². The molecule has 0 aromatic carbocycles. The van der Waals surface area contributed by atoms with Gasteiger partial charge in [0.05, 0.1) is 6.61 Å². The Balaban J connectivity index is 1.94. The summed E-state index contributed by atoms with van der Waals surface area (Å²) in [7, 11) is 0. The van der Waals surface area contributed by atoms with Gasteiger partial charge in [0.1, 0.15) is 5.76 Å². The van der Waals surface area contributed by atoms with E-state index in [-0.39, 0.29) is 0 Å². The minimum Gasteiger partial charge on any atom is -0.494 e. The van der Waals surface area contributed by atoms with Gasteiger partial charge in [0.25, 0.3) is 0 Å². The maximum Gasteiger partial charge on any atom is 0.112 e. The third-order valence-electron chi connectivity index (χ3n) is 3.02. The zero-order valence-corrected chi connectivity index (χ0v) is 10.9. The zero-order valence-electron chi connectivity index (χ0n) is 10.9. The van der Waals surface area contributed by atoms with Crippen LogP contribution in [0.5, 0.6) is 0 Å². The van der Waals surface area contributed by atoms with Crippen molar-refractivity contribution < 1.29 is 4.74 Å². The number of nitrogens with zero attached hydrogens (tertiary/aromatic N) is 1. The lowest BCUT2D eigenvalue weighted by molar-refractivity contribution is 0.193. The van der Waals surface area contributed by atoms with Crippen molar-refractivity contribution in [2.75, 3.05) is 26.2 Å². The van der Waals surface area contributed by atoms with Gasteiger partial charge in [0, 0.05) is 0 Å². The molecule has 1 saturated heterocycles. The van der Waals surface area contributed by atoms with Crippen molar-refractivity contribution in [1.82, 2.24) is 4.90 Å². The molecule has 0 spiro atoms. The molecule has 0 radical (unpaired) electrons. The lowest BCUT2D eigenvalue weighted by atomic mass is 10.1. The molecule has 0 aromatic rings. The van der Waals surface area contributed by atoms with Crippen LogP contribution in [-0.4, -0.2) is 31.1 Å². The fourth-order valence-electron chi connectivity index (χ4n) is 2.05.